The van der Waals surface area contributed by atoms with Gasteiger partial charge in [-0.15, -0.1) is 0 Å². The van der Waals surface area contributed by atoms with Gasteiger partial charge in [-0.05, 0) is 6.92 Å². The minimum Gasteiger partial charge on any atom is -0.548 e. The standard InChI is InChI=1S/C6H7ClN2O2/c1-4-5(7)2-8-9(4)3-6(10)11/h2H,3H2,1H3,(H,10,11)/p-1. The highest BCUT2D eigenvalue weighted by Gasteiger charge is 2.02. The maximum Gasteiger partial charge on any atom is 0.0815 e. The van der Waals surface area contributed by atoms with Gasteiger partial charge in [-0.1, -0.05) is 11.6 Å². The van der Waals surface area contributed by atoms with Crippen LogP contribution in [0.25, 0.3) is 0 Å². The molecule has 0 unspecified atom stereocenters. The number of hydrogen-bond acceptors (Lipinski definition) is 3. The fourth-order valence-electron chi connectivity index (χ4n) is 0.705. The summed E-state index contributed by atoms with van der Waals surface area (Å²) in [7, 11) is 0. The zero-order chi connectivity index (χ0) is 8.43. The molecule has 0 amide bonds. The molecular formula is C6H6ClN2O2-. The number of carbonyl (C=O) groups is 1. The third-order valence-electron chi connectivity index (χ3n) is 1.32. The Hall–Kier alpha value is -1.03. The van der Waals surface area contributed by atoms with Crippen LogP contribution in [-0.4, -0.2) is 15.7 Å². The molecule has 0 bridgehead atoms. The highest BCUT2D eigenvalue weighted by atomic mass is 35.5. The van der Waals surface area contributed by atoms with Crippen LogP contribution in [0.4, 0.5) is 0 Å². The van der Waals surface area contributed by atoms with Gasteiger partial charge in [0.15, 0.2) is 0 Å². The second-order valence-electron chi connectivity index (χ2n) is 2.11. The largest absolute Gasteiger partial charge is 0.548 e. The number of rotatable bonds is 2. The first-order chi connectivity index (χ1) is 5.11. The van der Waals surface area contributed by atoms with E-state index in [1.54, 1.807) is 6.92 Å². The third kappa shape index (κ3) is 1.71. The summed E-state index contributed by atoms with van der Waals surface area (Å²) >= 11 is 5.62. The lowest BCUT2D eigenvalue weighted by molar-refractivity contribution is -0.306. The third-order valence-corrected chi connectivity index (χ3v) is 1.69. The Labute approximate surface area is 68.4 Å². The zero-order valence-electron chi connectivity index (χ0n) is 5.87. The Bertz CT molecular complexity index is 282. The SMILES string of the molecule is Cc1c(Cl)cnn1CC(=O)[O-]. The Morgan fingerprint density at radius 3 is 2.91 bits per heavy atom. The summed E-state index contributed by atoms with van der Waals surface area (Å²) in [6, 6.07) is 0. The van der Waals surface area contributed by atoms with E-state index < -0.39 is 5.97 Å². The number of halogens is 1. The molecule has 1 aromatic heterocycles. The van der Waals surface area contributed by atoms with Gasteiger partial charge < -0.3 is 9.90 Å². The van der Waals surface area contributed by atoms with E-state index in [2.05, 4.69) is 5.10 Å². The van der Waals surface area contributed by atoms with Gasteiger partial charge in [0.1, 0.15) is 0 Å². The van der Waals surface area contributed by atoms with Gasteiger partial charge in [-0.3, -0.25) is 4.68 Å². The number of carbonyl (C=O) groups excluding carboxylic acids is 1. The van der Waals surface area contributed by atoms with Crippen molar-refractivity contribution < 1.29 is 9.90 Å². The summed E-state index contributed by atoms with van der Waals surface area (Å²) in [4.78, 5) is 10.1. The lowest BCUT2D eigenvalue weighted by atomic mass is 10.5. The van der Waals surface area contributed by atoms with E-state index in [0.29, 0.717) is 10.7 Å². The van der Waals surface area contributed by atoms with Gasteiger partial charge in [-0.2, -0.15) is 5.10 Å². The van der Waals surface area contributed by atoms with Crippen molar-refractivity contribution >= 4 is 17.6 Å². The fourth-order valence-corrected chi connectivity index (χ4v) is 0.847. The molecule has 4 nitrogen and oxygen atoms in total. The first kappa shape index (κ1) is 8.07. The first-order valence-corrected chi connectivity index (χ1v) is 3.37. The number of aliphatic carboxylic acids is 1. The number of nitrogens with zero attached hydrogens (tertiary/aromatic N) is 2. The maximum absolute atomic E-state index is 10.1. The van der Waals surface area contributed by atoms with Gasteiger partial charge in [0, 0.05) is 0 Å². The topological polar surface area (TPSA) is 58.0 Å². The molecule has 0 atom stereocenters. The molecule has 0 aromatic carbocycles. The van der Waals surface area contributed by atoms with E-state index in [0.717, 1.165) is 0 Å². The maximum atomic E-state index is 10.1. The monoisotopic (exact) mass is 173 g/mol. The highest BCUT2D eigenvalue weighted by Crippen LogP contribution is 2.12. The molecule has 0 radical (unpaired) electrons. The minimum atomic E-state index is -1.17. The molecule has 0 aliphatic carbocycles. The summed E-state index contributed by atoms with van der Waals surface area (Å²) in [6.45, 7) is 1.44. The smallest absolute Gasteiger partial charge is 0.0815 e. The van der Waals surface area contributed by atoms with Crippen LogP contribution in [0.5, 0.6) is 0 Å². The molecule has 0 fully saturated rings. The van der Waals surface area contributed by atoms with Crippen molar-refractivity contribution in [2.24, 2.45) is 0 Å². The van der Waals surface area contributed by atoms with Crippen LogP contribution in [0.15, 0.2) is 6.20 Å². The summed E-state index contributed by atoms with van der Waals surface area (Å²) < 4.78 is 1.28. The molecule has 0 aliphatic heterocycles. The molecule has 0 saturated heterocycles. The Morgan fingerprint density at radius 1 is 1.91 bits per heavy atom. The molecule has 0 N–H and O–H groups in total. The lowest BCUT2D eigenvalue weighted by Crippen LogP contribution is -2.28. The van der Waals surface area contributed by atoms with Crippen LogP contribution >= 0.6 is 11.6 Å². The normalized spacial score (nSPS) is 10.0. The van der Waals surface area contributed by atoms with Crippen LogP contribution < -0.4 is 5.11 Å². The molecule has 60 valence electrons. The van der Waals surface area contributed by atoms with Crippen molar-refractivity contribution in [2.75, 3.05) is 0 Å². The van der Waals surface area contributed by atoms with Crippen molar-refractivity contribution in [1.29, 1.82) is 0 Å². The fraction of sp³-hybridized carbons (Fsp3) is 0.333. The molecule has 5 heteroatoms. The Morgan fingerprint density at radius 2 is 2.55 bits per heavy atom. The molecule has 1 aromatic rings. The van der Waals surface area contributed by atoms with E-state index in [4.69, 9.17) is 11.6 Å². The number of aromatic nitrogens is 2. The van der Waals surface area contributed by atoms with Crippen molar-refractivity contribution in [3.63, 3.8) is 0 Å². The molecule has 1 heterocycles. The van der Waals surface area contributed by atoms with Crippen LogP contribution in [0, 0.1) is 6.92 Å². The predicted octanol–water partition coefficient (Wildman–Crippen LogP) is -0.405. The predicted molar refractivity (Wildman–Crippen MR) is 37.0 cm³/mol. The second-order valence-corrected chi connectivity index (χ2v) is 2.51. The van der Waals surface area contributed by atoms with E-state index >= 15 is 0 Å². The summed E-state index contributed by atoms with van der Waals surface area (Å²) in [5.41, 5.74) is 0.635. The quantitative estimate of drug-likeness (QED) is 0.611. The minimum absolute atomic E-state index is 0.251. The molecule has 11 heavy (non-hydrogen) atoms. The van der Waals surface area contributed by atoms with E-state index in [1.165, 1.54) is 10.9 Å². The van der Waals surface area contributed by atoms with Crippen LogP contribution in [0.2, 0.25) is 5.02 Å². The average Bonchev–Trinajstić information content (AvgIpc) is 2.18. The van der Waals surface area contributed by atoms with Crippen molar-refractivity contribution in [1.82, 2.24) is 9.78 Å². The summed E-state index contributed by atoms with van der Waals surface area (Å²) in [6.07, 6.45) is 1.40. The summed E-state index contributed by atoms with van der Waals surface area (Å²) in [5.74, 6) is -1.17. The lowest BCUT2D eigenvalue weighted by Gasteiger charge is -2.03. The van der Waals surface area contributed by atoms with Gasteiger partial charge in [-0.25, -0.2) is 0 Å². The average molecular weight is 174 g/mol. The van der Waals surface area contributed by atoms with Crippen LogP contribution in [-0.2, 0) is 11.3 Å². The van der Waals surface area contributed by atoms with E-state index in [-0.39, 0.29) is 6.54 Å². The number of carboxylic acids is 1. The van der Waals surface area contributed by atoms with Crippen molar-refractivity contribution in [3.05, 3.63) is 16.9 Å². The second kappa shape index (κ2) is 2.92. The number of carboxylic acid groups (broad SMARTS) is 1. The molecule has 0 spiro atoms. The van der Waals surface area contributed by atoms with Gasteiger partial charge in [0.2, 0.25) is 0 Å². The van der Waals surface area contributed by atoms with Crippen molar-refractivity contribution in [3.8, 4) is 0 Å². The van der Waals surface area contributed by atoms with Crippen LogP contribution in [0.3, 0.4) is 0 Å². The molecule has 0 aliphatic rings. The number of hydrogen-bond donors (Lipinski definition) is 0. The molecule has 1 rings (SSSR count). The molecule has 0 saturated carbocycles. The van der Waals surface area contributed by atoms with Gasteiger partial charge in [0.05, 0.1) is 29.4 Å². The highest BCUT2D eigenvalue weighted by molar-refractivity contribution is 6.31. The van der Waals surface area contributed by atoms with Gasteiger partial charge >= 0.3 is 0 Å². The van der Waals surface area contributed by atoms with E-state index in [9.17, 15) is 9.90 Å². The zero-order valence-corrected chi connectivity index (χ0v) is 6.63. The van der Waals surface area contributed by atoms with Crippen molar-refractivity contribution in [2.45, 2.75) is 13.5 Å². The first-order valence-electron chi connectivity index (χ1n) is 2.99. The Kier molecular flexibility index (Phi) is 2.14. The van der Waals surface area contributed by atoms with E-state index in [1.807, 2.05) is 0 Å². The summed E-state index contributed by atoms with van der Waals surface area (Å²) in [5, 5.41) is 14.3. The van der Waals surface area contributed by atoms with Gasteiger partial charge in [0.25, 0.3) is 0 Å². The van der Waals surface area contributed by atoms with Crippen LogP contribution in [0.1, 0.15) is 5.69 Å². The Balaban J connectivity index is 2.87. The molecular weight excluding hydrogens is 168 g/mol.